The first-order valence-electron chi connectivity index (χ1n) is 9.68. The van der Waals surface area contributed by atoms with Crippen LogP contribution in [0.15, 0.2) is 30.3 Å². The molecule has 1 fully saturated rings. The van der Waals surface area contributed by atoms with Crippen LogP contribution in [0.5, 0.6) is 5.75 Å². The van der Waals surface area contributed by atoms with Gasteiger partial charge in [-0.15, -0.1) is 0 Å². The zero-order valence-electron chi connectivity index (χ0n) is 17.2. The van der Waals surface area contributed by atoms with Gasteiger partial charge in [0.05, 0.1) is 14.2 Å². The first-order valence-corrected chi connectivity index (χ1v) is 10.1. The minimum absolute atomic E-state index is 0.113. The standard InChI is InChI=1S/C22H26ClN3O3/c1-14(2)26(13-7-9-15-8-5-6-10-17(15)28-3)21-18(23)19(22(27)29-4)24-20(25-21)16-11-12-16/h5-10,14,16H,11-13H2,1-4H3/b9-7+. The number of halogens is 1. The Morgan fingerprint density at radius 1 is 1.28 bits per heavy atom. The summed E-state index contributed by atoms with van der Waals surface area (Å²) in [5.41, 5.74) is 1.11. The molecule has 0 amide bonds. The number of aromatic nitrogens is 2. The van der Waals surface area contributed by atoms with Crippen LogP contribution in [0.4, 0.5) is 5.82 Å². The molecule has 0 unspecified atom stereocenters. The van der Waals surface area contributed by atoms with Crippen LogP contribution in [0.1, 0.15) is 54.5 Å². The zero-order chi connectivity index (χ0) is 21.0. The molecule has 6 nitrogen and oxygen atoms in total. The first-order chi connectivity index (χ1) is 14.0. The van der Waals surface area contributed by atoms with Crippen molar-refractivity contribution < 1.29 is 14.3 Å². The summed E-state index contributed by atoms with van der Waals surface area (Å²) in [7, 11) is 2.98. The number of para-hydroxylation sites is 1. The molecule has 7 heteroatoms. The lowest BCUT2D eigenvalue weighted by Gasteiger charge is -2.28. The number of ether oxygens (including phenoxy) is 2. The molecular weight excluding hydrogens is 390 g/mol. The van der Waals surface area contributed by atoms with E-state index in [2.05, 4.69) is 18.8 Å². The van der Waals surface area contributed by atoms with Gasteiger partial charge in [-0.2, -0.15) is 0 Å². The average Bonchev–Trinajstić information content (AvgIpc) is 3.56. The van der Waals surface area contributed by atoms with Gasteiger partial charge in [0.2, 0.25) is 0 Å². The fourth-order valence-corrected chi connectivity index (χ4v) is 3.31. The normalized spacial score (nSPS) is 13.7. The number of carbonyl (C=O) groups is 1. The Morgan fingerprint density at radius 3 is 2.62 bits per heavy atom. The third-order valence-corrected chi connectivity index (χ3v) is 5.15. The topological polar surface area (TPSA) is 64.5 Å². The van der Waals surface area contributed by atoms with Gasteiger partial charge in [0.1, 0.15) is 16.6 Å². The number of anilines is 1. The van der Waals surface area contributed by atoms with Crippen LogP contribution < -0.4 is 9.64 Å². The second-order valence-corrected chi connectivity index (χ2v) is 7.60. The summed E-state index contributed by atoms with van der Waals surface area (Å²) in [5.74, 6) is 1.76. The molecule has 2 aromatic rings. The van der Waals surface area contributed by atoms with Gasteiger partial charge in [0.15, 0.2) is 11.5 Å². The molecule has 1 aliphatic rings. The van der Waals surface area contributed by atoms with Crippen LogP contribution in [0, 0.1) is 0 Å². The van der Waals surface area contributed by atoms with Gasteiger partial charge in [-0.25, -0.2) is 14.8 Å². The summed E-state index contributed by atoms with van der Waals surface area (Å²) >= 11 is 6.55. The number of hydrogen-bond donors (Lipinski definition) is 0. The third kappa shape index (κ3) is 4.88. The quantitative estimate of drug-likeness (QED) is 0.580. The molecule has 0 aliphatic heterocycles. The highest BCUT2D eigenvalue weighted by Gasteiger charge is 2.31. The van der Waals surface area contributed by atoms with Crippen molar-refractivity contribution in [3.63, 3.8) is 0 Å². The fraction of sp³-hybridized carbons (Fsp3) is 0.409. The number of carbonyl (C=O) groups excluding carboxylic acids is 1. The molecule has 0 saturated heterocycles. The fourth-order valence-electron chi connectivity index (χ4n) is 3.04. The highest BCUT2D eigenvalue weighted by molar-refractivity contribution is 6.35. The van der Waals surface area contributed by atoms with E-state index in [9.17, 15) is 4.79 Å². The average molecular weight is 416 g/mol. The number of methoxy groups -OCH3 is 2. The smallest absolute Gasteiger partial charge is 0.358 e. The summed E-state index contributed by atoms with van der Waals surface area (Å²) in [6, 6.07) is 7.93. The van der Waals surface area contributed by atoms with Crippen molar-refractivity contribution in [1.29, 1.82) is 0 Å². The first kappa shape index (κ1) is 21.1. The predicted molar refractivity (Wildman–Crippen MR) is 115 cm³/mol. The maximum Gasteiger partial charge on any atom is 0.358 e. The van der Waals surface area contributed by atoms with Crippen molar-refractivity contribution in [2.75, 3.05) is 25.7 Å². The molecule has 0 bridgehead atoms. The van der Waals surface area contributed by atoms with E-state index in [1.807, 2.05) is 41.3 Å². The van der Waals surface area contributed by atoms with E-state index in [4.69, 9.17) is 26.1 Å². The second kappa shape index (κ2) is 9.27. The van der Waals surface area contributed by atoms with E-state index in [-0.39, 0.29) is 22.7 Å². The van der Waals surface area contributed by atoms with Gasteiger partial charge in [0.25, 0.3) is 0 Å². The highest BCUT2D eigenvalue weighted by atomic mass is 35.5. The molecule has 29 heavy (non-hydrogen) atoms. The maximum atomic E-state index is 12.2. The van der Waals surface area contributed by atoms with Crippen molar-refractivity contribution >= 4 is 29.5 Å². The number of hydrogen-bond acceptors (Lipinski definition) is 6. The van der Waals surface area contributed by atoms with Crippen molar-refractivity contribution in [3.8, 4) is 5.75 Å². The van der Waals surface area contributed by atoms with E-state index in [1.54, 1.807) is 7.11 Å². The summed E-state index contributed by atoms with van der Waals surface area (Å²) < 4.78 is 10.3. The van der Waals surface area contributed by atoms with Crippen LogP contribution in [0.3, 0.4) is 0 Å². The van der Waals surface area contributed by atoms with Gasteiger partial charge in [-0.05, 0) is 32.8 Å². The van der Waals surface area contributed by atoms with Crippen molar-refractivity contribution in [1.82, 2.24) is 9.97 Å². The Labute approximate surface area is 176 Å². The number of benzene rings is 1. The van der Waals surface area contributed by atoms with Gasteiger partial charge in [-0.3, -0.25) is 0 Å². The molecule has 0 atom stereocenters. The molecule has 0 radical (unpaired) electrons. The summed E-state index contributed by atoms with van der Waals surface area (Å²) in [4.78, 5) is 23.3. The molecule has 0 N–H and O–H groups in total. The van der Waals surface area contributed by atoms with Crippen molar-refractivity contribution in [2.24, 2.45) is 0 Å². The van der Waals surface area contributed by atoms with E-state index >= 15 is 0 Å². The Morgan fingerprint density at radius 2 is 2.00 bits per heavy atom. The van der Waals surface area contributed by atoms with Gasteiger partial charge >= 0.3 is 5.97 Å². The molecule has 1 aromatic heterocycles. The molecule has 1 heterocycles. The lowest BCUT2D eigenvalue weighted by Crippen LogP contribution is -2.33. The van der Waals surface area contributed by atoms with Gasteiger partial charge in [-0.1, -0.05) is 42.0 Å². The van der Waals surface area contributed by atoms with Crippen LogP contribution >= 0.6 is 11.6 Å². The van der Waals surface area contributed by atoms with Crippen LogP contribution in [-0.2, 0) is 4.74 Å². The SMILES string of the molecule is COC(=O)c1nc(C2CC2)nc(N(C/C=C/c2ccccc2OC)C(C)C)c1Cl. The molecule has 1 aromatic carbocycles. The second-order valence-electron chi connectivity index (χ2n) is 7.22. The Balaban J connectivity index is 1.93. The third-order valence-electron chi connectivity index (χ3n) is 4.81. The molecular formula is C22H26ClN3O3. The summed E-state index contributed by atoms with van der Waals surface area (Å²) in [5, 5.41) is 0.223. The lowest BCUT2D eigenvalue weighted by molar-refractivity contribution is 0.0593. The highest BCUT2D eigenvalue weighted by Crippen LogP contribution is 2.40. The van der Waals surface area contributed by atoms with Crippen LogP contribution in [-0.4, -0.2) is 42.7 Å². The van der Waals surface area contributed by atoms with E-state index in [1.165, 1.54) is 7.11 Å². The molecule has 154 valence electrons. The Bertz CT molecular complexity index is 910. The molecule has 1 saturated carbocycles. The lowest BCUT2D eigenvalue weighted by atomic mass is 10.2. The zero-order valence-corrected chi connectivity index (χ0v) is 17.9. The number of esters is 1. The summed E-state index contributed by atoms with van der Waals surface area (Å²) in [6.45, 7) is 4.69. The maximum absolute atomic E-state index is 12.2. The predicted octanol–water partition coefficient (Wildman–Crippen LogP) is 4.73. The van der Waals surface area contributed by atoms with E-state index in [0.717, 1.165) is 24.2 Å². The Kier molecular flexibility index (Phi) is 6.75. The number of nitrogens with zero attached hydrogens (tertiary/aromatic N) is 3. The van der Waals surface area contributed by atoms with Crippen molar-refractivity contribution in [3.05, 3.63) is 52.4 Å². The molecule has 3 rings (SSSR count). The summed E-state index contributed by atoms with van der Waals surface area (Å²) in [6.07, 6.45) is 6.09. The van der Waals surface area contributed by atoms with Crippen LogP contribution in [0.25, 0.3) is 6.08 Å². The van der Waals surface area contributed by atoms with Crippen molar-refractivity contribution in [2.45, 2.75) is 38.6 Å². The van der Waals surface area contributed by atoms with Gasteiger partial charge in [0, 0.05) is 24.1 Å². The number of rotatable bonds is 8. The minimum atomic E-state index is -0.547. The van der Waals surface area contributed by atoms with Crippen LogP contribution in [0.2, 0.25) is 5.02 Å². The van der Waals surface area contributed by atoms with E-state index in [0.29, 0.717) is 18.2 Å². The Hall–Kier alpha value is -2.60. The largest absolute Gasteiger partial charge is 0.496 e. The monoisotopic (exact) mass is 415 g/mol. The molecule has 1 aliphatic carbocycles. The van der Waals surface area contributed by atoms with Gasteiger partial charge < -0.3 is 14.4 Å². The molecule has 0 spiro atoms. The minimum Gasteiger partial charge on any atom is -0.496 e. The van der Waals surface area contributed by atoms with E-state index < -0.39 is 5.97 Å².